The van der Waals surface area contributed by atoms with Gasteiger partial charge in [0.1, 0.15) is 17.4 Å². The molecule has 4 rings (SSSR count). The highest BCUT2D eigenvalue weighted by molar-refractivity contribution is 6.11. The molecular weight excluding hydrogens is 374 g/mol. The Morgan fingerprint density at radius 2 is 1.93 bits per heavy atom. The maximum atomic E-state index is 14.3. The van der Waals surface area contributed by atoms with E-state index >= 15 is 0 Å². The van der Waals surface area contributed by atoms with Crippen molar-refractivity contribution in [2.75, 3.05) is 0 Å². The molecule has 0 atom stereocenters. The van der Waals surface area contributed by atoms with E-state index < -0.39 is 11.6 Å². The third kappa shape index (κ3) is 3.27. The highest BCUT2D eigenvalue weighted by atomic mass is 19.1. The zero-order valence-electron chi connectivity index (χ0n) is 15.9. The molecular formula is C23H18F2N2O2. The second-order valence-electron chi connectivity index (χ2n) is 6.94. The molecule has 0 aliphatic heterocycles. The minimum atomic E-state index is -0.555. The smallest absolute Gasteiger partial charge is 0.176 e. The number of pyridine rings is 1. The number of carbonyl (C=O) groups excluding carboxylic acids is 1. The molecule has 146 valence electrons. The van der Waals surface area contributed by atoms with Crippen LogP contribution >= 0.6 is 0 Å². The lowest BCUT2D eigenvalue weighted by molar-refractivity contribution is 0.101. The molecule has 2 aromatic heterocycles. The number of aromatic hydroxyl groups is 1. The Hall–Kier alpha value is -3.54. The molecule has 1 N–H and O–H groups in total. The standard InChI is InChI=1S/C23H18F2N2O2/c1-13-18(4-3-9-26-13)22-19-11-17(29)6-8-21(19)27(23(22)14(2)28)12-15-10-16(24)5-7-20(15)25/h3-11,29H,12H2,1-2H3. The number of Topliss-reactive ketones (excluding diaryl/α,β-unsaturated/α-hetero) is 1. The number of hydrogen-bond acceptors (Lipinski definition) is 3. The van der Waals surface area contributed by atoms with Crippen molar-refractivity contribution >= 4 is 16.7 Å². The zero-order valence-corrected chi connectivity index (χ0v) is 15.9. The van der Waals surface area contributed by atoms with Crippen LogP contribution in [0.3, 0.4) is 0 Å². The highest BCUT2D eigenvalue weighted by Gasteiger charge is 2.24. The van der Waals surface area contributed by atoms with Crippen molar-refractivity contribution in [3.63, 3.8) is 0 Å². The second kappa shape index (κ2) is 7.13. The van der Waals surface area contributed by atoms with E-state index in [2.05, 4.69) is 4.98 Å². The summed E-state index contributed by atoms with van der Waals surface area (Å²) in [5.74, 6) is -1.29. The summed E-state index contributed by atoms with van der Waals surface area (Å²) in [6.07, 6.45) is 1.66. The van der Waals surface area contributed by atoms with Crippen LogP contribution in [0, 0.1) is 18.6 Å². The Morgan fingerprint density at radius 1 is 1.14 bits per heavy atom. The Morgan fingerprint density at radius 3 is 2.66 bits per heavy atom. The summed E-state index contributed by atoms with van der Waals surface area (Å²) < 4.78 is 29.7. The van der Waals surface area contributed by atoms with Crippen molar-refractivity contribution in [1.82, 2.24) is 9.55 Å². The van der Waals surface area contributed by atoms with Crippen LogP contribution in [0.5, 0.6) is 5.75 Å². The first-order chi connectivity index (χ1) is 13.9. The minimum absolute atomic E-state index is 0.0287. The van der Waals surface area contributed by atoms with Gasteiger partial charge in [-0.1, -0.05) is 6.07 Å². The molecule has 0 fully saturated rings. The second-order valence-corrected chi connectivity index (χ2v) is 6.94. The van der Waals surface area contributed by atoms with Crippen LogP contribution < -0.4 is 0 Å². The Kier molecular flexibility index (Phi) is 4.62. The number of aryl methyl sites for hydroxylation is 1. The summed E-state index contributed by atoms with van der Waals surface area (Å²) in [5.41, 5.74) is 3.19. The highest BCUT2D eigenvalue weighted by Crippen LogP contribution is 2.38. The van der Waals surface area contributed by atoms with Crippen LogP contribution in [0.2, 0.25) is 0 Å². The van der Waals surface area contributed by atoms with E-state index in [9.17, 15) is 18.7 Å². The van der Waals surface area contributed by atoms with E-state index in [4.69, 9.17) is 0 Å². The van der Waals surface area contributed by atoms with Crippen LogP contribution in [-0.4, -0.2) is 20.4 Å². The summed E-state index contributed by atoms with van der Waals surface area (Å²) in [4.78, 5) is 17.0. The lowest BCUT2D eigenvalue weighted by Gasteiger charge is -2.12. The SMILES string of the molecule is CC(=O)c1c(-c2cccnc2C)c2cc(O)ccc2n1Cc1cc(F)ccc1F. The number of fused-ring (bicyclic) bond motifs is 1. The molecule has 29 heavy (non-hydrogen) atoms. The first-order valence-electron chi connectivity index (χ1n) is 9.09. The zero-order chi connectivity index (χ0) is 20.7. The number of halogens is 2. The van der Waals surface area contributed by atoms with Crippen molar-refractivity contribution in [3.8, 4) is 16.9 Å². The average molecular weight is 392 g/mol. The number of phenolic OH excluding ortho intramolecular Hbond substituents is 1. The summed E-state index contributed by atoms with van der Waals surface area (Å²) in [5, 5.41) is 10.7. The number of rotatable bonds is 4. The quantitative estimate of drug-likeness (QED) is 0.483. The van der Waals surface area contributed by atoms with Gasteiger partial charge in [-0.2, -0.15) is 0 Å². The van der Waals surface area contributed by atoms with Crippen LogP contribution in [0.25, 0.3) is 22.0 Å². The number of aromatic nitrogens is 2. The van der Waals surface area contributed by atoms with Gasteiger partial charge in [0.2, 0.25) is 0 Å². The van der Waals surface area contributed by atoms with Crippen LogP contribution in [-0.2, 0) is 6.54 Å². The molecule has 4 aromatic rings. The fourth-order valence-corrected chi connectivity index (χ4v) is 3.73. The van der Waals surface area contributed by atoms with Crippen LogP contribution in [0.4, 0.5) is 8.78 Å². The number of hydrogen-bond donors (Lipinski definition) is 1. The third-order valence-corrected chi connectivity index (χ3v) is 4.99. The minimum Gasteiger partial charge on any atom is -0.508 e. The van der Waals surface area contributed by atoms with Crippen molar-refractivity contribution < 1.29 is 18.7 Å². The van der Waals surface area contributed by atoms with E-state index in [0.717, 1.165) is 23.8 Å². The van der Waals surface area contributed by atoms with Crippen molar-refractivity contribution in [2.45, 2.75) is 20.4 Å². The molecule has 0 unspecified atom stereocenters. The Bertz CT molecular complexity index is 1260. The predicted molar refractivity (Wildman–Crippen MR) is 107 cm³/mol. The molecule has 4 nitrogen and oxygen atoms in total. The normalized spacial score (nSPS) is 11.2. The molecule has 2 heterocycles. The Labute approximate surface area is 166 Å². The largest absolute Gasteiger partial charge is 0.508 e. The monoisotopic (exact) mass is 392 g/mol. The van der Waals surface area contributed by atoms with Gasteiger partial charge in [0.15, 0.2) is 5.78 Å². The number of nitrogens with zero attached hydrogens (tertiary/aromatic N) is 2. The topological polar surface area (TPSA) is 55.1 Å². The molecule has 0 radical (unpaired) electrons. The van der Waals surface area contributed by atoms with Gasteiger partial charge in [0.05, 0.1) is 12.2 Å². The molecule has 0 aliphatic rings. The Balaban J connectivity index is 2.07. The van der Waals surface area contributed by atoms with Crippen molar-refractivity contribution in [1.29, 1.82) is 0 Å². The van der Waals surface area contributed by atoms with E-state index in [1.54, 1.807) is 29.0 Å². The summed E-state index contributed by atoms with van der Waals surface area (Å²) in [7, 11) is 0. The van der Waals surface area contributed by atoms with Crippen molar-refractivity contribution in [2.24, 2.45) is 0 Å². The molecule has 0 spiro atoms. The van der Waals surface area contributed by atoms with Gasteiger partial charge in [0.25, 0.3) is 0 Å². The molecule has 0 saturated carbocycles. The lowest BCUT2D eigenvalue weighted by Crippen LogP contribution is -2.10. The fourth-order valence-electron chi connectivity index (χ4n) is 3.73. The average Bonchev–Trinajstić information content (AvgIpc) is 2.98. The summed E-state index contributed by atoms with van der Waals surface area (Å²) in [6, 6.07) is 11.6. The molecule has 2 aromatic carbocycles. The van der Waals surface area contributed by atoms with Gasteiger partial charge in [-0.25, -0.2) is 8.78 Å². The first-order valence-corrected chi connectivity index (χ1v) is 9.09. The van der Waals surface area contributed by atoms with Gasteiger partial charge in [-0.05, 0) is 49.4 Å². The predicted octanol–water partition coefficient (Wildman–Crippen LogP) is 5.25. The molecule has 0 bridgehead atoms. The molecule has 6 heteroatoms. The van der Waals surface area contributed by atoms with E-state index in [1.807, 2.05) is 13.0 Å². The maximum Gasteiger partial charge on any atom is 0.176 e. The number of phenols is 1. The van der Waals surface area contributed by atoms with E-state index in [1.165, 1.54) is 13.0 Å². The molecule has 0 saturated heterocycles. The van der Waals surface area contributed by atoms with Crippen LogP contribution in [0.15, 0.2) is 54.7 Å². The fraction of sp³-hybridized carbons (Fsp3) is 0.130. The molecule has 0 aliphatic carbocycles. The molecule has 0 amide bonds. The number of ketones is 1. The van der Waals surface area contributed by atoms with Gasteiger partial charge in [0, 0.05) is 46.4 Å². The summed E-state index contributed by atoms with van der Waals surface area (Å²) in [6.45, 7) is 3.23. The number of benzene rings is 2. The van der Waals surface area contributed by atoms with Gasteiger partial charge in [-0.15, -0.1) is 0 Å². The lowest BCUT2D eigenvalue weighted by atomic mass is 9.99. The van der Waals surface area contributed by atoms with Crippen molar-refractivity contribution in [3.05, 3.63) is 83.3 Å². The maximum absolute atomic E-state index is 14.3. The van der Waals surface area contributed by atoms with Gasteiger partial charge < -0.3 is 9.67 Å². The van der Waals surface area contributed by atoms with Crippen LogP contribution in [0.1, 0.15) is 28.7 Å². The van der Waals surface area contributed by atoms with E-state index in [-0.39, 0.29) is 23.6 Å². The summed E-state index contributed by atoms with van der Waals surface area (Å²) >= 11 is 0. The number of carbonyl (C=O) groups is 1. The third-order valence-electron chi connectivity index (χ3n) is 4.99. The first kappa shape index (κ1) is 18.8. The van der Waals surface area contributed by atoms with E-state index in [0.29, 0.717) is 27.9 Å². The van der Waals surface area contributed by atoms with Gasteiger partial charge >= 0.3 is 0 Å². The van der Waals surface area contributed by atoms with Gasteiger partial charge in [-0.3, -0.25) is 9.78 Å².